The van der Waals surface area contributed by atoms with Gasteiger partial charge in [-0.15, -0.1) is 0 Å². The highest BCUT2D eigenvalue weighted by Crippen LogP contribution is 2.27. The Balaban J connectivity index is 2.38. The van der Waals surface area contributed by atoms with Crippen LogP contribution in [0.25, 0.3) is 0 Å². The van der Waals surface area contributed by atoms with Crippen LogP contribution in [0.3, 0.4) is 0 Å². The quantitative estimate of drug-likeness (QED) is 0.871. The predicted octanol–water partition coefficient (Wildman–Crippen LogP) is 2.72. The zero-order valence-electron chi connectivity index (χ0n) is 11.3. The fourth-order valence-electron chi connectivity index (χ4n) is 1.95. The summed E-state index contributed by atoms with van der Waals surface area (Å²) in [5, 5.41) is 3.08. The second kappa shape index (κ2) is 5.69. The number of ether oxygens (including phenoxy) is 1. The monoisotopic (exact) mass is 274 g/mol. The van der Waals surface area contributed by atoms with Gasteiger partial charge in [0.15, 0.2) is 5.54 Å². The van der Waals surface area contributed by atoms with Crippen molar-refractivity contribution >= 4 is 11.7 Å². The number of nitrogens with one attached hydrogen (secondary N) is 1. The largest absolute Gasteiger partial charge is 0.467 e. The molecule has 0 aliphatic carbocycles. The van der Waals surface area contributed by atoms with Gasteiger partial charge in [-0.25, -0.2) is 9.18 Å². The summed E-state index contributed by atoms with van der Waals surface area (Å²) < 4.78 is 17.8. The number of halogens is 1. The molecule has 0 saturated carbocycles. The van der Waals surface area contributed by atoms with E-state index in [-0.39, 0.29) is 5.82 Å². The lowest BCUT2D eigenvalue weighted by Crippen LogP contribution is -2.41. The van der Waals surface area contributed by atoms with Gasteiger partial charge < -0.3 is 10.1 Å². The van der Waals surface area contributed by atoms with Crippen molar-refractivity contribution < 1.29 is 13.9 Å². The molecule has 0 aliphatic heterocycles. The van der Waals surface area contributed by atoms with Crippen molar-refractivity contribution in [2.45, 2.75) is 12.5 Å². The molecule has 1 aromatic carbocycles. The Labute approximate surface area is 116 Å². The molecule has 1 heterocycles. The van der Waals surface area contributed by atoms with Gasteiger partial charge in [-0.05, 0) is 48.9 Å². The van der Waals surface area contributed by atoms with Crippen LogP contribution in [0.2, 0.25) is 0 Å². The number of carbonyl (C=O) groups is 1. The van der Waals surface area contributed by atoms with Gasteiger partial charge in [-0.1, -0.05) is 0 Å². The summed E-state index contributed by atoms with van der Waals surface area (Å²) in [5.74, 6) is -0.771. The van der Waals surface area contributed by atoms with E-state index in [9.17, 15) is 9.18 Å². The van der Waals surface area contributed by atoms with Crippen molar-refractivity contribution in [3.8, 4) is 0 Å². The Morgan fingerprint density at radius 3 is 2.35 bits per heavy atom. The summed E-state index contributed by atoms with van der Waals surface area (Å²) in [4.78, 5) is 16.1. The second-order valence-corrected chi connectivity index (χ2v) is 4.48. The van der Waals surface area contributed by atoms with Crippen LogP contribution < -0.4 is 5.32 Å². The Morgan fingerprint density at radius 2 is 1.80 bits per heavy atom. The number of hydrogen-bond donors (Lipinski definition) is 1. The molecule has 1 atom stereocenters. The van der Waals surface area contributed by atoms with Gasteiger partial charge >= 0.3 is 5.97 Å². The van der Waals surface area contributed by atoms with Crippen LogP contribution in [-0.4, -0.2) is 18.1 Å². The highest BCUT2D eigenvalue weighted by molar-refractivity contribution is 5.85. The summed E-state index contributed by atoms with van der Waals surface area (Å²) in [5.41, 5.74) is 0.259. The summed E-state index contributed by atoms with van der Waals surface area (Å²) in [6.07, 6.45) is 3.20. The molecule has 2 aromatic rings. The first kappa shape index (κ1) is 14.0. The van der Waals surface area contributed by atoms with Crippen LogP contribution in [0.5, 0.6) is 0 Å². The lowest BCUT2D eigenvalue weighted by atomic mass is 9.92. The molecule has 5 heteroatoms. The van der Waals surface area contributed by atoms with Crippen LogP contribution in [0, 0.1) is 5.82 Å². The van der Waals surface area contributed by atoms with Gasteiger partial charge in [-0.3, -0.25) is 4.98 Å². The minimum atomic E-state index is -1.07. The summed E-state index contributed by atoms with van der Waals surface area (Å²) in [6, 6.07) is 9.25. The minimum Gasteiger partial charge on any atom is -0.467 e. The van der Waals surface area contributed by atoms with Crippen molar-refractivity contribution in [3.05, 3.63) is 60.2 Å². The number of hydrogen-bond acceptors (Lipinski definition) is 4. The molecule has 1 aromatic heterocycles. The van der Waals surface area contributed by atoms with Crippen molar-refractivity contribution in [2.24, 2.45) is 0 Å². The van der Waals surface area contributed by atoms with Crippen LogP contribution in [0.4, 0.5) is 10.1 Å². The summed E-state index contributed by atoms with van der Waals surface area (Å²) >= 11 is 0. The normalized spacial score (nSPS) is 13.3. The van der Waals surface area contributed by atoms with E-state index in [1.54, 1.807) is 43.6 Å². The number of pyridine rings is 1. The molecular formula is C15H15FN2O2. The number of anilines is 1. The van der Waals surface area contributed by atoms with Gasteiger partial charge in [0.1, 0.15) is 5.82 Å². The molecule has 2 rings (SSSR count). The fourth-order valence-corrected chi connectivity index (χ4v) is 1.95. The Morgan fingerprint density at radius 1 is 1.20 bits per heavy atom. The molecule has 4 nitrogen and oxygen atoms in total. The Hall–Kier alpha value is -2.43. The van der Waals surface area contributed by atoms with Gasteiger partial charge in [0.05, 0.1) is 7.11 Å². The standard InChI is InChI=1S/C15H15FN2O2/c1-15(14(19)20-2,11-7-9-17-10-8-11)18-13-5-3-12(16)4-6-13/h3-10,18H,1-2H3. The molecule has 1 N–H and O–H groups in total. The van der Waals surface area contributed by atoms with E-state index in [1.807, 2.05) is 0 Å². The summed E-state index contributed by atoms with van der Waals surface area (Å²) in [6.45, 7) is 1.71. The lowest BCUT2D eigenvalue weighted by Gasteiger charge is -2.29. The van der Waals surface area contributed by atoms with Crippen LogP contribution in [0.1, 0.15) is 12.5 Å². The third-order valence-electron chi connectivity index (χ3n) is 3.09. The van der Waals surface area contributed by atoms with Crippen LogP contribution in [-0.2, 0) is 15.1 Å². The first-order chi connectivity index (χ1) is 9.56. The SMILES string of the molecule is COC(=O)C(C)(Nc1ccc(F)cc1)c1ccncc1. The first-order valence-electron chi connectivity index (χ1n) is 6.09. The van der Waals surface area contributed by atoms with Crippen molar-refractivity contribution in [3.63, 3.8) is 0 Å². The third kappa shape index (κ3) is 2.77. The van der Waals surface area contributed by atoms with E-state index in [4.69, 9.17) is 4.74 Å². The van der Waals surface area contributed by atoms with E-state index in [2.05, 4.69) is 10.3 Å². The molecule has 0 bridgehead atoms. The zero-order chi connectivity index (χ0) is 14.6. The molecular weight excluding hydrogens is 259 g/mol. The molecule has 0 spiro atoms. The fraction of sp³-hybridized carbons (Fsp3) is 0.200. The maximum Gasteiger partial charge on any atom is 0.335 e. The number of benzene rings is 1. The van der Waals surface area contributed by atoms with Crippen LogP contribution in [0.15, 0.2) is 48.8 Å². The highest BCUT2D eigenvalue weighted by atomic mass is 19.1. The molecule has 0 saturated heterocycles. The minimum absolute atomic E-state index is 0.334. The zero-order valence-corrected chi connectivity index (χ0v) is 11.3. The molecule has 104 valence electrons. The number of esters is 1. The molecule has 20 heavy (non-hydrogen) atoms. The smallest absolute Gasteiger partial charge is 0.335 e. The second-order valence-electron chi connectivity index (χ2n) is 4.48. The highest BCUT2D eigenvalue weighted by Gasteiger charge is 2.36. The molecule has 0 fully saturated rings. The molecule has 0 aliphatic rings. The lowest BCUT2D eigenvalue weighted by molar-refractivity contribution is -0.145. The van der Waals surface area contributed by atoms with Crippen molar-refractivity contribution in [2.75, 3.05) is 12.4 Å². The number of methoxy groups -OCH3 is 1. The maximum atomic E-state index is 12.9. The Bertz CT molecular complexity index is 587. The van der Waals surface area contributed by atoms with Crippen LogP contribution >= 0.6 is 0 Å². The van der Waals surface area contributed by atoms with E-state index >= 15 is 0 Å². The van der Waals surface area contributed by atoms with Gasteiger partial charge in [0.25, 0.3) is 0 Å². The van der Waals surface area contributed by atoms with Gasteiger partial charge in [0.2, 0.25) is 0 Å². The average Bonchev–Trinajstić information content (AvgIpc) is 2.49. The van der Waals surface area contributed by atoms with Crippen molar-refractivity contribution in [1.29, 1.82) is 0 Å². The number of aromatic nitrogens is 1. The average molecular weight is 274 g/mol. The first-order valence-corrected chi connectivity index (χ1v) is 6.09. The topological polar surface area (TPSA) is 51.2 Å². The van der Waals surface area contributed by atoms with Crippen molar-refractivity contribution in [1.82, 2.24) is 4.98 Å². The van der Waals surface area contributed by atoms with E-state index in [1.165, 1.54) is 19.2 Å². The Kier molecular flexibility index (Phi) is 3.98. The van der Waals surface area contributed by atoms with E-state index < -0.39 is 11.5 Å². The number of rotatable bonds is 4. The van der Waals surface area contributed by atoms with E-state index in [0.29, 0.717) is 11.3 Å². The third-order valence-corrected chi connectivity index (χ3v) is 3.09. The molecule has 1 unspecified atom stereocenters. The maximum absolute atomic E-state index is 12.9. The summed E-state index contributed by atoms with van der Waals surface area (Å²) in [7, 11) is 1.33. The predicted molar refractivity (Wildman–Crippen MR) is 73.6 cm³/mol. The number of carbonyl (C=O) groups excluding carboxylic acids is 1. The number of nitrogens with zero attached hydrogens (tertiary/aromatic N) is 1. The van der Waals surface area contributed by atoms with Gasteiger partial charge in [-0.2, -0.15) is 0 Å². The molecule has 0 amide bonds. The van der Waals surface area contributed by atoms with Gasteiger partial charge in [0, 0.05) is 18.1 Å². The molecule has 0 radical (unpaired) electrons. The van der Waals surface area contributed by atoms with E-state index in [0.717, 1.165) is 0 Å².